The normalized spacial score (nSPS) is 28.7. The highest BCUT2D eigenvalue weighted by molar-refractivity contribution is 7.88. The third-order valence-corrected chi connectivity index (χ3v) is 5.36. The van der Waals surface area contributed by atoms with E-state index in [2.05, 4.69) is 16.0 Å². The molecule has 0 N–H and O–H groups in total. The first kappa shape index (κ1) is 13.0. The lowest BCUT2D eigenvalue weighted by Gasteiger charge is -2.19. The van der Waals surface area contributed by atoms with Crippen molar-refractivity contribution < 1.29 is 8.42 Å². The SMILES string of the molecule is CS(=O)(=O)N1C[C@@H]2CN(Cc3cccnc3)C[C@H]2C1. The van der Waals surface area contributed by atoms with Crippen molar-refractivity contribution in [1.82, 2.24) is 14.2 Å². The zero-order valence-electron chi connectivity index (χ0n) is 11.1. The van der Waals surface area contributed by atoms with E-state index in [-0.39, 0.29) is 0 Å². The average molecular weight is 281 g/mol. The molecule has 0 unspecified atom stereocenters. The minimum Gasteiger partial charge on any atom is -0.298 e. The summed E-state index contributed by atoms with van der Waals surface area (Å²) in [7, 11) is -3.02. The molecule has 2 saturated heterocycles. The second kappa shape index (κ2) is 4.85. The topological polar surface area (TPSA) is 53.5 Å². The molecule has 3 heterocycles. The summed E-state index contributed by atoms with van der Waals surface area (Å²) < 4.78 is 24.7. The Hall–Kier alpha value is -0.980. The molecule has 0 bridgehead atoms. The van der Waals surface area contributed by atoms with E-state index in [1.165, 1.54) is 11.8 Å². The Morgan fingerprint density at radius 1 is 1.26 bits per heavy atom. The molecule has 104 valence electrons. The number of nitrogens with zero attached hydrogens (tertiary/aromatic N) is 3. The molecule has 0 saturated carbocycles. The van der Waals surface area contributed by atoms with E-state index in [0.29, 0.717) is 24.9 Å². The summed E-state index contributed by atoms with van der Waals surface area (Å²) in [4.78, 5) is 6.54. The highest BCUT2D eigenvalue weighted by atomic mass is 32.2. The van der Waals surface area contributed by atoms with Gasteiger partial charge < -0.3 is 0 Å². The summed E-state index contributed by atoms with van der Waals surface area (Å²) in [6.07, 6.45) is 4.99. The summed E-state index contributed by atoms with van der Waals surface area (Å²) in [6.45, 7) is 4.27. The molecular weight excluding hydrogens is 262 g/mol. The van der Waals surface area contributed by atoms with Gasteiger partial charge in [0.1, 0.15) is 0 Å². The van der Waals surface area contributed by atoms with Gasteiger partial charge >= 0.3 is 0 Å². The quantitative estimate of drug-likeness (QED) is 0.805. The van der Waals surface area contributed by atoms with Crippen LogP contribution in [0.15, 0.2) is 24.5 Å². The van der Waals surface area contributed by atoms with Gasteiger partial charge in [-0.25, -0.2) is 12.7 Å². The lowest BCUT2D eigenvalue weighted by atomic mass is 10.0. The Labute approximate surface area is 114 Å². The number of aromatic nitrogens is 1. The van der Waals surface area contributed by atoms with E-state index in [1.54, 1.807) is 10.5 Å². The maximum absolute atomic E-state index is 11.5. The van der Waals surface area contributed by atoms with Gasteiger partial charge in [0, 0.05) is 45.1 Å². The lowest BCUT2D eigenvalue weighted by Crippen LogP contribution is -2.32. The molecule has 0 aromatic carbocycles. The van der Waals surface area contributed by atoms with Crippen LogP contribution in [0.3, 0.4) is 0 Å². The van der Waals surface area contributed by atoms with E-state index in [9.17, 15) is 8.42 Å². The molecule has 2 aliphatic heterocycles. The van der Waals surface area contributed by atoms with Crippen LogP contribution in [0.25, 0.3) is 0 Å². The van der Waals surface area contributed by atoms with Gasteiger partial charge in [0.25, 0.3) is 0 Å². The van der Waals surface area contributed by atoms with Crippen LogP contribution in [0.5, 0.6) is 0 Å². The molecule has 2 fully saturated rings. The summed E-state index contributed by atoms with van der Waals surface area (Å²) in [5.41, 5.74) is 1.22. The predicted molar refractivity (Wildman–Crippen MR) is 72.9 cm³/mol. The third-order valence-electron chi connectivity index (χ3n) is 4.13. The molecule has 0 spiro atoms. The fourth-order valence-electron chi connectivity index (χ4n) is 3.20. The van der Waals surface area contributed by atoms with Gasteiger partial charge in [0.2, 0.25) is 10.0 Å². The molecule has 1 aromatic heterocycles. The van der Waals surface area contributed by atoms with Crippen molar-refractivity contribution in [2.24, 2.45) is 11.8 Å². The van der Waals surface area contributed by atoms with Crippen molar-refractivity contribution in [1.29, 1.82) is 0 Å². The first-order chi connectivity index (χ1) is 9.02. The Morgan fingerprint density at radius 2 is 1.95 bits per heavy atom. The van der Waals surface area contributed by atoms with Gasteiger partial charge in [-0.15, -0.1) is 0 Å². The highest BCUT2D eigenvalue weighted by Crippen LogP contribution is 2.32. The fourth-order valence-corrected chi connectivity index (χ4v) is 4.12. The van der Waals surface area contributed by atoms with Crippen molar-refractivity contribution in [2.45, 2.75) is 6.54 Å². The van der Waals surface area contributed by atoms with Gasteiger partial charge in [-0.05, 0) is 23.5 Å². The number of likely N-dealkylation sites (tertiary alicyclic amines) is 1. The first-order valence-corrected chi connectivity index (χ1v) is 8.43. The third kappa shape index (κ3) is 2.80. The van der Waals surface area contributed by atoms with E-state index >= 15 is 0 Å². The molecule has 5 nitrogen and oxygen atoms in total. The smallest absolute Gasteiger partial charge is 0.211 e. The fraction of sp³-hybridized carbons (Fsp3) is 0.615. The largest absolute Gasteiger partial charge is 0.298 e. The monoisotopic (exact) mass is 281 g/mol. The predicted octanol–water partition coefficient (Wildman–Crippen LogP) is 0.405. The molecule has 3 rings (SSSR count). The molecule has 2 aliphatic rings. The van der Waals surface area contributed by atoms with Crippen molar-refractivity contribution in [3.8, 4) is 0 Å². The average Bonchev–Trinajstić information content (AvgIpc) is 2.87. The number of rotatable bonds is 3. The zero-order valence-corrected chi connectivity index (χ0v) is 11.9. The van der Waals surface area contributed by atoms with Crippen molar-refractivity contribution >= 4 is 10.0 Å². The minimum absolute atomic E-state index is 0.492. The number of fused-ring (bicyclic) bond motifs is 1. The maximum Gasteiger partial charge on any atom is 0.211 e. The summed E-state index contributed by atoms with van der Waals surface area (Å²) in [5.74, 6) is 0.984. The zero-order chi connectivity index (χ0) is 13.5. The number of pyridine rings is 1. The number of hydrogen-bond acceptors (Lipinski definition) is 4. The summed E-state index contributed by atoms with van der Waals surface area (Å²) >= 11 is 0. The van der Waals surface area contributed by atoms with Crippen LogP contribution in [0, 0.1) is 11.8 Å². The van der Waals surface area contributed by atoms with Crippen LogP contribution in [0.2, 0.25) is 0 Å². The Kier molecular flexibility index (Phi) is 3.32. The van der Waals surface area contributed by atoms with E-state index in [0.717, 1.165) is 19.6 Å². The Bertz CT molecular complexity index is 532. The van der Waals surface area contributed by atoms with Gasteiger partial charge in [-0.1, -0.05) is 6.07 Å². The Morgan fingerprint density at radius 3 is 2.47 bits per heavy atom. The van der Waals surface area contributed by atoms with Crippen LogP contribution in [0.1, 0.15) is 5.56 Å². The molecule has 6 heteroatoms. The number of sulfonamides is 1. The molecule has 0 aliphatic carbocycles. The molecule has 19 heavy (non-hydrogen) atoms. The van der Waals surface area contributed by atoms with Gasteiger partial charge in [0.15, 0.2) is 0 Å². The number of hydrogen-bond donors (Lipinski definition) is 0. The molecule has 1 aromatic rings. The molecular formula is C13H19N3O2S. The standard InChI is InChI=1S/C13H19N3O2S/c1-19(17,18)16-9-12-7-15(8-13(12)10-16)6-11-3-2-4-14-5-11/h2-5,12-13H,6-10H2,1H3/t12-,13-/m0/s1. The molecule has 2 atom stereocenters. The van der Waals surface area contributed by atoms with Crippen LogP contribution in [0.4, 0.5) is 0 Å². The van der Waals surface area contributed by atoms with Crippen molar-refractivity contribution in [2.75, 3.05) is 32.4 Å². The first-order valence-electron chi connectivity index (χ1n) is 6.59. The summed E-state index contributed by atoms with van der Waals surface area (Å²) in [6, 6.07) is 4.04. The highest BCUT2D eigenvalue weighted by Gasteiger charge is 2.42. The minimum atomic E-state index is -3.02. The van der Waals surface area contributed by atoms with Crippen LogP contribution in [-0.2, 0) is 16.6 Å². The Balaban J connectivity index is 1.60. The van der Waals surface area contributed by atoms with Gasteiger partial charge in [-0.2, -0.15) is 0 Å². The van der Waals surface area contributed by atoms with Crippen LogP contribution < -0.4 is 0 Å². The molecule has 0 amide bonds. The van der Waals surface area contributed by atoms with E-state index in [1.807, 2.05) is 12.3 Å². The van der Waals surface area contributed by atoms with E-state index in [4.69, 9.17) is 0 Å². The van der Waals surface area contributed by atoms with E-state index < -0.39 is 10.0 Å². The summed E-state index contributed by atoms with van der Waals surface area (Å²) in [5, 5.41) is 0. The lowest BCUT2D eigenvalue weighted by molar-refractivity contribution is 0.290. The van der Waals surface area contributed by atoms with Gasteiger partial charge in [-0.3, -0.25) is 9.88 Å². The maximum atomic E-state index is 11.5. The molecule has 0 radical (unpaired) electrons. The van der Waals surface area contributed by atoms with Gasteiger partial charge in [0.05, 0.1) is 6.26 Å². The van der Waals surface area contributed by atoms with Crippen LogP contribution in [-0.4, -0.2) is 55.0 Å². The van der Waals surface area contributed by atoms with Crippen molar-refractivity contribution in [3.63, 3.8) is 0 Å². The second-order valence-corrected chi connectivity index (χ2v) is 7.64. The van der Waals surface area contributed by atoms with Crippen molar-refractivity contribution in [3.05, 3.63) is 30.1 Å². The second-order valence-electron chi connectivity index (χ2n) is 5.66. The van der Waals surface area contributed by atoms with Crippen LogP contribution >= 0.6 is 0 Å².